The fourth-order valence-electron chi connectivity index (χ4n) is 0.732. The van der Waals surface area contributed by atoms with Gasteiger partial charge >= 0.3 is 0 Å². The number of ether oxygens (including phenoxy) is 1. The molecule has 60 valence electrons. The summed E-state index contributed by atoms with van der Waals surface area (Å²) in [7, 11) is 3.44. The highest BCUT2D eigenvalue weighted by atomic mass is 16.5. The van der Waals surface area contributed by atoms with Crippen LogP contribution in [-0.2, 0) is 6.54 Å². The summed E-state index contributed by atoms with van der Waals surface area (Å²) in [6.45, 7) is 0.733. The van der Waals surface area contributed by atoms with Crippen molar-refractivity contribution in [1.82, 2.24) is 15.5 Å². The Bertz CT molecular complexity index is 209. The number of nitrogens with one attached hydrogen (secondary N) is 1. The van der Waals surface area contributed by atoms with Crippen molar-refractivity contribution in [1.29, 1.82) is 0 Å². The molecule has 1 aromatic heterocycles. The smallest absolute Gasteiger partial charge is 0.233 e. The van der Waals surface area contributed by atoms with Crippen molar-refractivity contribution in [3.8, 4) is 5.88 Å². The molecule has 4 nitrogen and oxygen atoms in total. The zero-order valence-electron chi connectivity index (χ0n) is 6.66. The van der Waals surface area contributed by atoms with Gasteiger partial charge in [-0.05, 0) is 13.1 Å². The standard InChI is InChI=1S/C7H11N3O/c1-8-5-6-3-4-7(11-2)10-9-6/h3-4,8H,5H2,1-2H3. The van der Waals surface area contributed by atoms with Gasteiger partial charge in [-0.3, -0.25) is 0 Å². The van der Waals surface area contributed by atoms with E-state index in [0.717, 1.165) is 12.2 Å². The molecule has 11 heavy (non-hydrogen) atoms. The second kappa shape index (κ2) is 3.88. The first-order valence-electron chi connectivity index (χ1n) is 3.38. The summed E-state index contributed by atoms with van der Waals surface area (Å²) in [6.07, 6.45) is 0. The summed E-state index contributed by atoms with van der Waals surface area (Å²) in [4.78, 5) is 0. The minimum absolute atomic E-state index is 0.546. The molecule has 0 aromatic carbocycles. The van der Waals surface area contributed by atoms with Crippen molar-refractivity contribution < 1.29 is 4.74 Å². The normalized spacial score (nSPS) is 9.64. The average molecular weight is 153 g/mol. The second-order valence-electron chi connectivity index (χ2n) is 2.10. The molecule has 0 saturated heterocycles. The molecule has 1 heterocycles. The number of methoxy groups -OCH3 is 1. The Morgan fingerprint density at radius 3 is 2.73 bits per heavy atom. The lowest BCUT2D eigenvalue weighted by Crippen LogP contribution is -2.07. The van der Waals surface area contributed by atoms with E-state index < -0.39 is 0 Å². The summed E-state index contributed by atoms with van der Waals surface area (Å²) in [5.41, 5.74) is 0.910. The molecule has 1 rings (SSSR count). The maximum absolute atomic E-state index is 4.85. The van der Waals surface area contributed by atoms with E-state index in [9.17, 15) is 0 Å². The molecule has 0 radical (unpaired) electrons. The van der Waals surface area contributed by atoms with Gasteiger partial charge in [0.1, 0.15) is 0 Å². The van der Waals surface area contributed by atoms with Crippen LogP contribution < -0.4 is 10.1 Å². The van der Waals surface area contributed by atoms with Crippen LogP contribution in [0.25, 0.3) is 0 Å². The van der Waals surface area contributed by atoms with Gasteiger partial charge in [0, 0.05) is 12.6 Å². The van der Waals surface area contributed by atoms with Gasteiger partial charge in [0.2, 0.25) is 5.88 Å². The summed E-state index contributed by atoms with van der Waals surface area (Å²) in [5.74, 6) is 0.546. The highest BCUT2D eigenvalue weighted by Crippen LogP contribution is 2.02. The summed E-state index contributed by atoms with van der Waals surface area (Å²) in [6, 6.07) is 3.67. The lowest BCUT2D eigenvalue weighted by atomic mass is 10.4. The molecule has 4 heteroatoms. The van der Waals surface area contributed by atoms with Crippen molar-refractivity contribution in [2.24, 2.45) is 0 Å². The molecule has 0 bridgehead atoms. The summed E-state index contributed by atoms with van der Waals surface area (Å²) < 4.78 is 4.85. The largest absolute Gasteiger partial charge is 0.480 e. The molecule has 0 fully saturated rings. The molecule has 0 spiro atoms. The van der Waals surface area contributed by atoms with Crippen LogP contribution in [-0.4, -0.2) is 24.4 Å². The third-order valence-corrected chi connectivity index (χ3v) is 1.26. The Hall–Kier alpha value is -1.16. The van der Waals surface area contributed by atoms with Crippen molar-refractivity contribution in [2.45, 2.75) is 6.54 Å². The molecule has 0 aliphatic heterocycles. The zero-order chi connectivity index (χ0) is 8.10. The van der Waals surface area contributed by atoms with Gasteiger partial charge in [-0.25, -0.2) is 0 Å². The van der Waals surface area contributed by atoms with Crippen LogP contribution in [0.5, 0.6) is 5.88 Å². The van der Waals surface area contributed by atoms with E-state index in [1.54, 1.807) is 13.2 Å². The maximum Gasteiger partial charge on any atom is 0.233 e. The summed E-state index contributed by atoms with van der Waals surface area (Å²) >= 11 is 0. The molecular weight excluding hydrogens is 142 g/mol. The van der Waals surface area contributed by atoms with Gasteiger partial charge in [-0.2, -0.15) is 5.10 Å². The van der Waals surface area contributed by atoms with Crippen LogP contribution in [0.2, 0.25) is 0 Å². The molecular formula is C7H11N3O. The van der Waals surface area contributed by atoms with E-state index >= 15 is 0 Å². The summed E-state index contributed by atoms with van der Waals surface area (Å²) in [5, 5.41) is 10.7. The lowest BCUT2D eigenvalue weighted by molar-refractivity contribution is 0.391. The SMILES string of the molecule is CNCc1ccc(OC)nn1. The van der Waals surface area contributed by atoms with Gasteiger partial charge in [0.15, 0.2) is 0 Å². The lowest BCUT2D eigenvalue weighted by Gasteiger charge is -1.98. The van der Waals surface area contributed by atoms with Crippen molar-refractivity contribution >= 4 is 0 Å². The van der Waals surface area contributed by atoms with Crippen molar-refractivity contribution in [3.63, 3.8) is 0 Å². The van der Waals surface area contributed by atoms with E-state index in [1.165, 1.54) is 0 Å². The molecule has 0 aliphatic rings. The topological polar surface area (TPSA) is 47.0 Å². The van der Waals surface area contributed by atoms with E-state index in [0.29, 0.717) is 5.88 Å². The van der Waals surface area contributed by atoms with Gasteiger partial charge in [0.05, 0.1) is 12.8 Å². The number of nitrogens with zero attached hydrogens (tertiary/aromatic N) is 2. The Kier molecular flexibility index (Phi) is 2.80. The number of rotatable bonds is 3. The van der Waals surface area contributed by atoms with Crippen LogP contribution in [0.1, 0.15) is 5.69 Å². The quantitative estimate of drug-likeness (QED) is 0.674. The predicted octanol–water partition coefficient (Wildman–Crippen LogP) is 0.205. The number of hydrogen-bond donors (Lipinski definition) is 1. The van der Waals surface area contributed by atoms with Crippen LogP contribution in [0.4, 0.5) is 0 Å². The van der Waals surface area contributed by atoms with Crippen LogP contribution in [0.3, 0.4) is 0 Å². The maximum atomic E-state index is 4.85. The highest BCUT2D eigenvalue weighted by molar-refractivity contribution is 5.10. The van der Waals surface area contributed by atoms with E-state index in [4.69, 9.17) is 4.74 Å². The zero-order valence-corrected chi connectivity index (χ0v) is 6.66. The van der Waals surface area contributed by atoms with Gasteiger partial charge in [-0.1, -0.05) is 0 Å². The van der Waals surface area contributed by atoms with Gasteiger partial charge in [0.25, 0.3) is 0 Å². The fraction of sp³-hybridized carbons (Fsp3) is 0.429. The fourth-order valence-corrected chi connectivity index (χ4v) is 0.732. The predicted molar refractivity (Wildman–Crippen MR) is 41.3 cm³/mol. The van der Waals surface area contributed by atoms with Crippen molar-refractivity contribution in [2.75, 3.05) is 14.2 Å². The van der Waals surface area contributed by atoms with E-state index in [1.807, 2.05) is 13.1 Å². The van der Waals surface area contributed by atoms with Crippen molar-refractivity contribution in [3.05, 3.63) is 17.8 Å². The molecule has 1 N–H and O–H groups in total. The Morgan fingerprint density at radius 2 is 2.27 bits per heavy atom. The first-order valence-corrected chi connectivity index (χ1v) is 3.38. The monoisotopic (exact) mass is 153 g/mol. The van der Waals surface area contributed by atoms with Crippen LogP contribution >= 0.6 is 0 Å². The van der Waals surface area contributed by atoms with E-state index in [-0.39, 0.29) is 0 Å². The number of hydrogen-bond acceptors (Lipinski definition) is 4. The minimum atomic E-state index is 0.546. The molecule has 0 saturated carbocycles. The third-order valence-electron chi connectivity index (χ3n) is 1.26. The van der Waals surface area contributed by atoms with E-state index in [2.05, 4.69) is 15.5 Å². The Balaban J connectivity index is 2.66. The Labute approximate surface area is 65.6 Å². The third kappa shape index (κ3) is 2.16. The van der Waals surface area contributed by atoms with Gasteiger partial charge < -0.3 is 10.1 Å². The molecule has 1 aromatic rings. The first-order chi connectivity index (χ1) is 5.36. The first kappa shape index (κ1) is 7.94. The minimum Gasteiger partial charge on any atom is -0.480 e. The molecule has 0 amide bonds. The van der Waals surface area contributed by atoms with Gasteiger partial charge in [-0.15, -0.1) is 5.10 Å². The molecule has 0 unspecified atom stereocenters. The molecule has 0 aliphatic carbocycles. The number of aromatic nitrogens is 2. The average Bonchev–Trinajstić information content (AvgIpc) is 2.07. The van der Waals surface area contributed by atoms with Crippen LogP contribution in [0, 0.1) is 0 Å². The second-order valence-corrected chi connectivity index (χ2v) is 2.10. The van der Waals surface area contributed by atoms with Crippen LogP contribution in [0.15, 0.2) is 12.1 Å². The molecule has 0 atom stereocenters. The Morgan fingerprint density at radius 1 is 1.45 bits per heavy atom. The highest BCUT2D eigenvalue weighted by Gasteiger charge is 1.94.